The Hall–Kier alpha value is -4.19. The number of azide groups is 1. The smallest absolute Gasteiger partial charge is 0.294 e. The topological polar surface area (TPSA) is 304 Å². The van der Waals surface area contributed by atoms with Crippen LogP contribution in [0.3, 0.4) is 0 Å². The van der Waals surface area contributed by atoms with Crippen molar-refractivity contribution in [3.05, 3.63) is 81.9 Å². The van der Waals surface area contributed by atoms with E-state index in [1.807, 2.05) is 25.7 Å². The van der Waals surface area contributed by atoms with E-state index in [1.54, 1.807) is 28.9 Å². The number of hydrogen-bond acceptors (Lipinski definition) is 12. The van der Waals surface area contributed by atoms with Crippen LogP contribution in [0.5, 0.6) is 0 Å². The number of nitrogens with one attached hydrogen (secondary N) is 1. The summed E-state index contributed by atoms with van der Waals surface area (Å²) in [6, 6.07) is 8.16. The molecule has 2 aromatic rings. The zero-order chi connectivity index (χ0) is 45.4. The Bertz CT molecular complexity index is 2590. The van der Waals surface area contributed by atoms with Crippen LogP contribution < -0.4 is 10.2 Å². The van der Waals surface area contributed by atoms with Gasteiger partial charge in [0.1, 0.15) is 16.7 Å². The van der Waals surface area contributed by atoms with E-state index in [-0.39, 0.29) is 56.0 Å². The van der Waals surface area contributed by atoms with Crippen molar-refractivity contribution in [1.29, 1.82) is 0 Å². The number of rotatable bonds is 23. The highest BCUT2D eigenvalue weighted by Gasteiger charge is 2.46. The Morgan fingerprint density at radius 3 is 2.16 bits per heavy atom. The standard InChI is InChI=1S/C38H52N6O13S4/c1-37(2)30-26-28(60(52,53)54)15-17-32(30)43(23-11-25-59(49,50)51)34(37)12-9-13-35-38(3,19-6-8-24-58(46,47)48)31-27-29(61(55,56)57)16-18-33(31)44(35)22-7-4-5-14-36(45)40-20-10-21-41-42-39/h9,12-13,15-18,26-27H,4-8,10-11,14,19-25H2,1-3H3,(H4-,40,45,46,47,48,49,50,51,52,53,54,55,56,57). The van der Waals surface area contributed by atoms with Crippen LogP contribution in [0.25, 0.3) is 10.4 Å². The van der Waals surface area contributed by atoms with Crippen molar-refractivity contribution in [2.24, 2.45) is 5.11 Å². The minimum Gasteiger partial charge on any atom is -0.744 e. The second kappa shape index (κ2) is 19.9. The predicted molar refractivity (Wildman–Crippen MR) is 227 cm³/mol. The van der Waals surface area contributed by atoms with E-state index in [0.717, 1.165) is 0 Å². The third-order valence-electron chi connectivity index (χ3n) is 10.9. The van der Waals surface area contributed by atoms with Crippen molar-refractivity contribution < 1.29 is 61.3 Å². The van der Waals surface area contributed by atoms with E-state index in [9.17, 15) is 56.7 Å². The summed E-state index contributed by atoms with van der Waals surface area (Å²) in [4.78, 5) is 16.2. The van der Waals surface area contributed by atoms with Gasteiger partial charge in [-0.1, -0.05) is 24.0 Å². The number of nitrogens with zero attached hydrogens (tertiary/aromatic N) is 5. The molecule has 0 aliphatic carbocycles. The molecule has 1 unspecified atom stereocenters. The lowest BCUT2D eigenvalue weighted by molar-refractivity contribution is -0.437. The van der Waals surface area contributed by atoms with Crippen LogP contribution in [0, 0.1) is 0 Å². The summed E-state index contributed by atoms with van der Waals surface area (Å²) in [7, 11) is -18.1. The molecule has 1 atom stereocenters. The second-order valence-corrected chi connectivity index (χ2v) is 21.6. The van der Waals surface area contributed by atoms with Gasteiger partial charge >= 0.3 is 0 Å². The van der Waals surface area contributed by atoms with Gasteiger partial charge in [0.2, 0.25) is 11.6 Å². The normalized spacial score (nSPS) is 18.4. The maximum atomic E-state index is 12.4. The lowest BCUT2D eigenvalue weighted by atomic mass is 9.77. The molecule has 0 saturated carbocycles. The molecule has 2 aliphatic heterocycles. The molecule has 336 valence electrons. The van der Waals surface area contributed by atoms with E-state index in [2.05, 4.69) is 15.3 Å². The molecule has 2 heterocycles. The number of anilines is 1. The number of unbranched alkanes of at least 4 members (excludes halogenated alkanes) is 3. The Balaban J connectivity index is 1.77. The minimum absolute atomic E-state index is 0.00157. The van der Waals surface area contributed by atoms with Gasteiger partial charge in [-0.2, -0.15) is 29.8 Å². The highest BCUT2D eigenvalue weighted by atomic mass is 32.2. The molecule has 4 rings (SSSR count). The average Bonchev–Trinajstić information content (AvgIpc) is 3.50. The lowest BCUT2D eigenvalue weighted by Crippen LogP contribution is -2.30. The molecule has 61 heavy (non-hydrogen) atoms. The molecule has 1 amide bonds. The number of amides is 1. The van der Waals surface area contributed by atoms with Crippen molar-refractivity contribution in [3.63, 3.8) is 0 Å². The minimum atomic E-state index is -4.89. The van der Waals surface area contributed by atoms with E-state index < -0.39 is 67.7 Å². The number of allylic oxidation sites excluding steroid dienone is 4. The molecule has 0 fully saturated rings. The quantitative estimate of drug-likeness (QED) is 0.0280. The SMILES string of the molecule is CC1(C)C(C=CC=C2N(CCCCCC(=O)NCCCN=[N+]=[N-])c3ccc(S(=O)(=O)[O-])cc3C2(C)CCCCS(=O)(=O)O)=[N+](CCCS(=O)(=O)O)c2ccc(S(=O)(=O)O)cc21. The van der Waals surface area contributed by atoms with Gasteiger partial charge in [-0.15, -0.1) is 0 Å². The Morgan fingerprint density at radius 1 is 0.869 bits per heavy atom. The van der Waals surface area contributed by atoms with Crippen LogP contribution >= 0.6 is 0 Å². The molecule has 2 aromatic carbocycles. The molecule has 0 bridgehead atoms. The highest BCUT2D eigenvalue weighted by molar-refractivity contribution is 7.86. The van der Waals surface area contributed by atoms with Crippen LogP contribution in [-0.4, -0.2) is 106 Å². The summed E-state index contributed by atoms with van der Waals surface area (Å²) >= 11 is 0. The summed E-state index contributed by atoms with van der Waals surface area (Å²) in [5, 5.41) is 6.22. The van der Waals surface area contributed by atoms with Crippen molar-refractivity contribution in [2.75, 3.05) is 42.6 Å². The molecule has 19 nitrogen and oxygen atoms in total. The fourth-order valence-electron chi connectivity index (χ4n) is 7.89. The van der Waals surface area contributed by atoms with Crippen molar-refractivity contribution in [1.82, 2.24) is 5.32 Å². The Labute approximate surface area is 357 Å². The van der Waals surface area contributed by atoms with E-state index in [0.29, 0.717) is 72.7 Å². The van der Waals surface area contributed by atoms with Crippen molar-refractivity contribution in [3.8, 4) is 0 Å². The zero-order valence-electron chi connectivity index (χ0n) is 34.1. The maximum absolute atomic E-state index is 12.4. The summed E-state index contributed by atoms with van der Waals surface area (Å²) < 4.78 is 138. The molecular formula is C38H52N6O13S4. The van der Waals surface area contributed by atoms with Crippen LogP contribution in [0.15, 0.2) is 75.2 Å². The zero-order valence-corrected chi connectivity index (χ0v) is 37.4. The summed E-state index contributed by atoms with van der Waals surface area (Å²) in [6.45, 7) is 6.59. The number of carbonyl (C=O) groups excluding carboxylic acids is 1. The monoisotopic (exact) mass is 928 g/mol. The number of fused-ring (bicyclic) bond motifs is 2. The van der Waals surface area contributed by atoms with Gasteiger partial charge in [0.15, 0.2) is 5.71 Å². The molecule has 23 heteroatoms. The summed E-state index contributed by atoms with van der Waals surface area (Å²) in [5.41, 5.74) is 9.93. The first-order chi connectivity index (χ1) is 28.3. The third-order valence-corrected chi connectivity index (χ3v) is 14.2. The van der Waals surface area contributed by atoms with Crippen LogP contribution in [0.2, 0.25) is 0 Å². The molecule has 0 saturated heterocycles. The molecule has 0 aromatic heterocycles. The van der Waals surface area contributed by atoms with Gasteiger partial charge in [0.25, 0.3) is 30.4 Å². The average molecular weight is 929 g/mol. The molecule has 0 spiro atoms. The molecular weight excluding hydrogens is 877 g/mol. The van der Waals surface area contributed by atoms with E-state index >= 15 is 0 Å². The second-order valence-electron chi connectivity index (χ2n) is 15.7. The third kappa shape index (κ3) is 13.2. The van der Waals surface area contributed by atoms with Gasteiger partial charge in [0, 0.05) is 71.9 Å². The number of benzene rings is 2. The van der Waals surface area contributed by atoms with Crippen LogP contribution in [-0.2, 0) is 56.1 Å². The van der Waals surface area contributed by atoms with E-state index in [1.165, 1.54) is 30.3 Å². The highest BCUT2D eigenvalue weighted by Crippen LogP contribution is 2.51. The lowest BCUT2D eigenvalue weighted by Gasteiger charge is -2.30. The molecule has 4 N–H and O–H groups in total. The fraction of sp³-hybridized carbons (Fsp3) is 0.526. The molecule has 0 radical (unpaired) electrons. The van der Waals surface area contributed by atoms with Gasteiger partial charge in [-0.05, 0) is 100 Å². The van der Waals surface area contributed by atoms with Crippen molar-refractivity contribution >= 4 is 63.5 Å². The summed E-state index contributed by atoms with van der Waals surface area (Å²) in [6.07, 6.45) is 8.39. The maximum Gasteiger partial charge on any atom is 0.294 e. The summed E-state index contributed by atoms with van der Waals surface area (Å²) in [5.74, 6) is -1.20. The van der Waals surface area contributed by atoms with Crippen molar-refractivity contribution in [2.45, 2.75) is 99.2 Å². The largest absolute Gasteiger partial charge is 0.744 e. The first kappa shape index (κ1) is 49.5. The van der Waals surface area contributed by atoms with Crippen LogP contribution in [0.4, 0.5) is 11.4 Å². The van der Waals surface area contributed by atoms with Gasteiger partial charge in [-0.3, -0.25) is 18.5 Å². The fourth-order valence-corrected chi connectivity index (χ4v) is 9.95. The Kier molecular flexibility index (Phi) is 16.1. The van der Waals surface area contributed by atoms with Gasteiger partial charge < -0.3 is 14.8 Å². The van der Waals surface area contributed by atoms with Gasteiger partial charge in [-0.25, -0.2) is 8.42 Å². The number of carbonyl (C=O) groups is 1. The molecule has 2 aliphatic rings. The predicted octanol–water partition coefficient (Wildman–Crippen LogP) is 5.14. The number of hydrogen-bond donors (Lipinski definition) is 4. The van der Waals surface area contributed by atoms with Gasteiger partial charge in [0.05, 0.1) is 26.7 Å². The van der Waals surface area contributed by atoms with Crippen LogP contribution in [0.1, 0.15) is 89.7 Å². The first-order valence-corrected chi connectivity index (χ1v) is 25.6. The Morgan fingerprint density at radius 2 is 1.52 bits per heavy atom. The first-order valence-electron chi connectivity index (χ1n) is 19.5. The van der Waals surface area contributed by atoms with E-state index in [4.69, 9.17) is 5.53 Å².